The van der Waals surface area contributed by atoms with Gasteiger partial charge in [0.15, 0.2) is 0 Å². The fraction of sp³-hybridized carbons (Fsp3) is 0.474. The number of hydrogen-bond acceptors (Lipinski definition) is 2. The standard InChI is InChI=1S/C19H24N2O2/c1-15(22)21-13-10-16-8-4-5-9-17(16)18(21)14-19(23)20-11-6-2-3-7-12-20/h4-5,8-10,13,18H,2-3,6-7,11-12,14H2,1H3. The van der Waals surface area contributed by atoms with Crippen LogP contribution >= 0.6 is 0 Å². The maximum Gasteiger partial charge on any atom is 0.225 e. The third kappa shape index (κ3) is 3.46. The first-order valence-electron chi connectivity index (χ1n) is 8.50. The van der Waals surface area contributed by atoms with E-state index >= 15 is 0 Å². The van der Waals surface area contributed by atoms with Crippen LogP contribution in [0.5, 0.6) is 0 Å². The van der Waals surface area contributed by atoms with Crippen molar-refractivity contribution in [1.29, 1.82) is 0 Å². The van der Waals surface area contributed by atoms with Gasteiger partial charge in [0.2, 0.25) is 11.8 Å². The first kappa shape index (κ1) is 15.8. The number of amides is 2. The summed E-state index contributed by atoms with van der Waals surface area (Å²) in [7, 11) is 0. The minimum atomic E-state index is -0.190. The average molecular weight is 312 g/mol. The van der Waals surface area contributed by atoms with Gasteiger partial charge in [-0.2, -0.15) is 0 Å². The summed E-state index contributed by atoms with van der Waals surface area (Å²) in [6.45, 7) is 3.26. The normalized spacial score (nSPS) is 20.8. The van der Waals surface area contributed by atoms with Crippen LogP contribution in [0.2, 0.25) is 0 Å². The van der Waals surface area contributed by atoms with Gasteiger partial charge in [0, 0.05) is 26.2 Å². The summed E-state index contributed by atoms with van der Waals surface area (Å²) in [4.78, 5) is 28.4. The number of rotatable bonds is 2. The van der Waals surface area contributed by atoms with Gasteiger partial charge in [0.25, 0.3) is 0 Å². The third-order valence-electron chi connectivity index (χ3n) is 4.80. The smallest absolute Gasteiger partial charge is 0.225 e. The van der Waals surface area contributed by atoms with E-state index in [1.54, 1.807) is 11.8 Å². The van der Waals surface area contributed by atoms with Gasteiger partial charge in [-0.15, -0.1) is 0 Å². The van der Waals surface area contributed by atoms with E-state index in [4.69, 9.17) is 0 Å². The van der Waals surface area contributed by atoms with E-state index in [1.165, 1.54) is 12.8 Å². The van der Waals surface area contributed by atoms with Crippen molar-refractivity contribution in [2.45, 2.75) is 45.1 Å². The van der Waals surface area contributed by atoms with Crippen LogP contribution in [0.3, 0.4) is 0 Å². The van der Waals surface area contributed by atoms with Crippen molar-refractivity contribution in [3.8, 4) is 0 Å². The molecule has 0 bridgehead atoms. The first-order chi connectivity index (χ1) is 11.2. The zero-order chi connectivity index (χ0) is 16.2. The zero-order valence-electron chi connectivity index (χ0n) is 13.7. The van der Waals surface area contributed by atoms with Crippen molar-refractivity contribution in [2.24, 2.45) is 0 Å². The molecule has 0 aromatic heterocycles. The van der Waals surface area contributed by atoms with Crippen molar-refractivity contribution < 1.29 is 9.59 Å². The Bertz CT molecular complexity index is 616. The summed E-state index contributed by atoms with van der Waals surface area (Å²) < 4.78 is 0. The number of nitrogens with zero attached hydrogens (tertiary/aromatic N) is 2. The molecule has 2 aliphatic heterocycles. The summed E-state index contributed by atoms with van der Waals surface area (Å²) in [6, 6.07) is 7.83. The molecule has 23 heavy (non-hydrogen) atoms. The SMILES string of the molecule is CC(=O)N1C=Cc2ccccc2C1CC(=O)N1CCCCCC1. The summed E-state index contributed by atoms with van der Waals surface area (Å²) in [6.07, 6.45) is 8.71. The van der Waals surface area contributed by atoms with E-state index in [2.05, 4.69) is 0 Å². The molecule has 1 fully saturated rings. The topological polar surface area (TPSA) is 40.6 Å². The van der Waals surface area contributed by atoms with Gasteiger partial charge in [0.05, 0.1) is 12.5 Å². The lowest BCUT2D eigenvalue weighted by atomic mass is 9.93. The van der Waals surface area contributed by atoms with Crippen LogP contribution in [0.15, 0.2) is 30.5 Å². The van der Waals surface area contributed by atoms with Gasteiger partial charge in [-0.3, -0.25) is 9.59 Å². The predicted octanol–water partition coefficient (Wildman–Crippen LogP) is 3.35. The quantitative estimate of drug-likeness (QED) is 0.840. The van der Waals surface area contributed by atoms with E-state index < -0.39 is 0 Å². The number of hydrogen-bond donors (Lipinski definition) is 0. The molecule has 3 rings (SSSR count). The Balaban J connectivity index is 1.81. The summed E-state index contributed by atoms with van der Waals surface area (Å²) in [5.74, 6) is 0.137. The molecule has 4 heteroatoms. The molecule has 2 amide bonds. The van der Waals surface area contributed by atoms with Crippen molar-refractivity contribution in [1.82, 2.24) is 9.80 Å². The van der Waals surface area contributed by atoms with Gasteiger partial charge < -0.3 is 9.80 Å². The molecule has 0 N–H and O–H groups in total. The van der Waals surface area contributed by atoms with Crippen LogP contribution < -0.4 is 0 Å². The number of likely N-dealkylation sites (tertiary alicyclic amines) is 1. The average Bonchev–Trinajstić information content (AvgIpc) is 2.84. The fourth-order valence-electron chi connectivity index (χ4n) is 3.53. The van der Waals surface area contributed by atoms with Crippen molar-refractivity contribution in [2.75, 3.05) is 13.1 Å². The Morgan fingerprint density at radius 1 is 1.09 bits per heavy atom. The molecule has 2 aliphatic rings. The van der Waals surface area contributed by atoms with Crippen molar-refractivity contribution >= 4 is 17.9 Å². The molecule has 122 valence electrons. The monoisotopic (exact) mass is 312 g/mol. The molecule has 0 saturated carbocycles. The van der Waals surface area contributed by atoms with Gasteiger partial charge in [-0.05, 0) is 30.0 Å². The Hall–Kier alpha value is -2.10. The lowest BCUT2D eigenvalue weighted by Crippen LogP contribution is -2.37. The molecule has 1 aromatic rings. The van der Waals surface area contributed by atoms with E-state index in [0.29, 0.717) is 6.42 Å². The molecule has 0 radical (unpaired) electrons. The zero-order valence-corrected chi connectivity index (χ0v) is 13.7. The highest BCUT2D eigenvalue weighted by molar-refractivity contribution is 5.82. The van der Waals surface area contributed by atoms with Crippen LogP contribution in [-0.4, -0.2) is 34.7 Å². The Morgan fingerprint density at radius 2 is 1.78 bits per heavy atom. The molecular formula is C19H24N2O2. The largest absolute Gasteiger partial charge is 0.343 e. The fourth-order valence-corrected chi connectivity index (χ4v) is 3.53. The van der Waals surface area contributed by atoms with Crippen molar-refractivity contribution in [3.63, 3.8) is 0 Å². The number of benzene rings is 1. The molecule has 0 spiro atoms. The van der Waals surface area contributed by atoms with Crippen LogP contribution in [0.25, 0.3) is 6.08 Å². The Morgan fingerprint density at radius 3 is 2.48 bits per heavy atom. The highest BCUT2D eigenvalue weighted by atomic mass is 16.2. The highest BCUT2D eigenvalue weighted by Gasteiger charge is 2.29. The number of fused-ring (bicyclic) bond motifs is 1. The second-order valence-electron chi connectivity index (χ2n) is 6.39. The molecule has 1 unspecified atom stereocenters. The van der Waals surface area contributed by atoms with Crippen LogP contribution in [0.1, 0.15) is 56.2 Å². The molecular weight excluding hydrogens is 288 g/mol. The van der Waals surface area contributed by atoms with E-state index in [0.717, 1.165) is 37.1 Å². The second-order valence-corrected chi connectivity index (χ2v) is 6.39. The van der Waals surface area contributed by atoms with Crippen LogP contribution in [0.4, 0.5) is 0 Å². The molecule has 0 aliphatic carbocycles. The van der Waals surface area contributed by atoms with Gasteiger partial charge in [0.1, 0.15) is 0 Å². The first-order valence-corrected chi connectivity index (χ1v) is 8.50. The van der Waals surface area contributed by atoms with E-state index in [1.807, 2.05) is 41.4 Å². The van der Waals surface area contributed by atoms with Gasteiger partial charge >= 0.3 is 0 Å². The van der Waals surface area contributed by atoms with Gasteiger partial charge in [-0.25, -0.2) is 0 Å². The summed E-state index contributed by atoms with van der Waals surface area (Å²) in [5, 5.41) is 0. The van der Waals surface area contributed by atoms with E-state index in [9.17, 15) is 9.59 Å². The molecule has 4 nitrogen and oxygen atoms in total. The summed E-state index contributed by atoms with van der Waals surface area (Å²) in [5.41, 5.74) is 2.16. The predicted molar refractivity (Wildman–Crippen MR) is 90.4 cm³/mol. The Labute approximate surface area is 137 Å². The lowest BCUT2D eigenvalue weighted by molar-refractivity contribution is -0.134. The summed E-state index contributed by atoms with van der Waals surface area (Å²) >= 11 is 0. The molecule has 1 atom stereocenters. The number of carbonyl (C=O) groups is 2. The minimum Gasteiger partial charge on any atom is -0.343 e. The second kappa shape index (κ2) is 6.99. The molecule has 1 aromatic carbocycles. The number of carbonyl (C=O) groups excluding carboxylic acids is 2. The van der Waals surface area contributed by atoms with Crippen LogP contribution in [-0.2, 0) is 9.59 Å². The van der Waals surface area contributed by atoms with Crippen molar-refractivity contribution in [3.05, 3.63) is 41.6 Å². The lowest BCUT2D eigenvalue weighted by Gasteiger charge is -2.33. The molecule has 1 saturated heterocycles. The minimum absolute atomic E-state index is 0.0237. The molecule has 2 heterocycles. The third-order valence-corrected chi connectivity index (χ3v) is 4.80. The van der Waals surface area contributed by atoms with E-state index in [-0.39, 0.29) is 17.9 Å². The van der Waals surface area contributed by atoms with Gasteiger partial charge in [-0.1, -0.05) is 37.1 Å². The highest BCUT2D eigenvalue weighted by Crippen LogP contribution is 2.33. The van der Waals surface area contributed by atoms with Crippen LogP contribution in [0, 0.1) is 0 Å². The maximum atomic E-state index is 12.8. The Kier molecular flexibility index (Phi) is 4.79. The maximum absolute atomic E-state index is 12.8.